The van der Waals surface area contributed by atoms with Crippen LogP contribution in [0.3, 0.4) is 0 Å². The van der Waals surface area contributed by atoms with Crippen LogP contribution < -0.4 is 27.8 Å². The first kappa shape index (κ1) is 24.9. The molecule has 0 aromatic heterocycles. The molecule has 0 rings (SSSR count). The second-order valence-electron chi connectivity index (χ2n) is 5.96. The van der Waals surface area contributed by atoms with E-state index in [0.29, 0.717) is 18.7 Å². The Morgan fingerprint density at radius 2 is 1.78 bits per heavy atom. The standard InChI is InChI=1S/C15H30N6O5S/c1-8(22)11(13(24)20-10(14(25)26)5-7-27-2)21-12(23)9(16)4-3-6-19-15(17)18/h8-11,22H,3-7,16H2,1-2H3,(H,20,24)(H,21,23)(H,25,26)(H4,17,18,19)/t8-,9+,10+,11+/m1/s1. The zero-order valence-electron chi connectivity index (χ0n) is 15.6. The number of guanidine groups is 1. The van der Waals surface area contributed by atoms with Gasteiger partial charge in [-0.3, -0.25) is 14.6 Å². The Hall–Kier alpha value is -2.05. The lowest BCUT2D eigenvalue weighted by Crippen LogP contribution is -2.58. The minimum absolute atomic E-state index is 0.0617. The molecule has 11 nitrogen and oxygen atoms in total. The number of hydrogen-bond acceptors (Lipinski definition) is 7. The third-order valence-corrected chi connectivity index (χ3v) is 4.24. The number of carbonyl (C=O) groups excluding carboxylic acids is 2. The van der Waals surface area contributed by atoms with E-state index < -0.39 is 42.0 Å². The molecule has 0 aliphatic heterocycles. The van der Waals surface area contributed by atoms with E-state index in [2.05, 4.69) is 15.6 Å². The molecule has 0 aromatic carbocycles. The van der Waals surface area contributed by atoms with Gasteiger partial charge in [-0.15, -0.1) is 0 Å². The van der Waals surface area contributed by atoms with Gasteiger partial charge in [0, 0.05) is 6.54 Å². The van der Waals surface area contributed by atoms with Gasteiger partial charge in [-0.1, -0.05) is 0 Å². The molecular formula is C15H30N6O5S. The molecule has 27 heavy (non-hydrogen) atoms. The molecule has 10 N–H and O–H groups in total. The monoisotopic (exact) mass is 406 g/mol. The third-order valence-electron chi connectivity index (χ3n) is 3.59. The molecule has 12 heteroatoms. The summed E-state index contributed by atoms with van der Waals surface area (Å²) in [5.41, 5.74) is 16.2. The average molecular weight is 407 g/mol. The fourth-order valence-corrected chi connectivity index (χ4v) is 2.54. The van der Waals surface area contributed by atoms with Crippen molar-refractivity contribution in [1.82, 2.24) is 10.6 Å². The maximum atomic E-state index is 12.3. The Bertz CT molecular complexity index is 527. The summed E-state index contributed by atoms with van der Waals surface area (Å²) in [5.74, 6) is -2.15. The summed E-state index contributed by atoms with van der Waals surface area (Å²) in [4.78, 5) is 39.5. The van der Waals surface area contributed by atoms with E-state index in [9.17, 15) is 24.6 Å². The fraction of sp³-hybridized carbons (Fsp3) is 0.733. The highest BCUT2D eigenvalue weighted by atomic mass is 32.2. The van der Waals surface area contributed by atoms with Crippen molar-refractivity contribution in [2.45, 2.75) is 50.4 Å². The molecule has 0 saturated carbocycles. The van der Waals surface area contributed by atoms with Crippen LogP contribution in [0.5, 0.6) is 0 Å². The van der Waals surface area contributed by atoms with Crippen LogP contribution in [0, 0.1) is 0 Å². The van der Waals surface area contributed by atoms with Crippen LogP contribution in [0.25, 0.3) is 0 Å². The van der Waals surface area contributed by atoms with E-state index in [1.807, 2.05) is 6.26 Å². The fourth-order valence-electron chi connectivity index (χ4n) is 2.07. The number of thioether (sulfide) groups is 1. The molecule has 4 atom stereocenters. The zero-order valence-corrected chi connectivity index (χ0v) is 16.4. The van der Waals surface area contributed by atoms with Gasteiger partial charge >= 0.3 is 5.97 Å². The lowest BCUT2D eigenvalue weighted by atomic mass is 10.1. The van der Waals surface area contributed by atoms with Crippen LogP contribution in [0.2, 0.25) is 0 Å². The molecule has 0 fully saturated rings. The summed E-state index contributed by atoms with van der Waals surface area (Å²) in [6, 6.07) is -3.37. The lowest BCUT2D eigenvalue weighted by Gasteiger charge is -2.24. The van der Waals surface area contributed by atoms with Gasteiger partial charge in [0.25, 0.3) is 0 Å². The number of carboxylic acid groups (broad SMARTS) is 1. The van der Waals surface area contributed by atoms with Crippen molar-refractivity contribution in [3.8, 4) is 0 Å². The molecule has 0 radical (unpaired) electrons. The molecule has 0 saturated heterocycles. The number of nitrogens with one attached hydrogen (secondary N) is 2. The summed E-state index contributed by atoms with van der Waals surface area (Å²) in [7, 11) is 0. The number of aliphatic hydroxyl groups is 1. The number of carbonyl (C=O) groups is 3. The van der Waals surface area contributed by atoms with Crippen molar-refractivity contribution in [3.05, 3.63) is 0 Å². The maximum Gasteiger partial charge on any atom is 0.326 e. The quantitative estimate of drug-likeness (QED) is 0.0983. The van der Waals surface area contributed by atoms with Crippen molar-refractivity contribution in [3.63, 3.8) is 0 Å². The lowest BCUT2D eigenvalue weighted by molar-refractivity contribution is -0.143. The van der Waals surface area contributed by atoms with E-state index in [1.54, 1.807) is 0 Å². The number of hydrogen-bond donors (Lipinski definition) is 7. The summed E-state index contributed by atoms with van der Waals surface area (Å²) >= 11 is 1.44. The van der Waals surface area contributed by atoms with Gasteiger partial charge in [0.15, 0.2) is 5.96 Å². The van der Waals surface area contributed by atoms with Gasteiger partial charge in [-0.25, -0.2) is 4.79 Å². The molecule has 0 spiro atoms. The first-order valence-electron chi connectivity index (χ1n) is 8.41. The number of amides is 2. The van der Waals surface area contributed by atoms with Gasteiger partial charge in [0.05, 0.1) is 12.1 Å². The van der Waals surface area contributed by atoms with Gasteiger partial charge in [0.1, 0.15) is 12.1 Å². The minimum Gasteiger partial charge on any atom is -0.480 e. The van der Waals surface area contributed by atoms with Gasteiger partial charge in [-0.2, -0.15) is 11.8 Å². The van der Waals surface area contributed by atoms with Crippen LogP contribution >= 0.6 is 11.8 Å². The number of rotatable bonds is 13. The second kappa shape index (κ2) is 13.2. The normalized spacial score (nSPS) is 15.1. The highest BCUT2D eigenvalue weighted by Gasteiger charge is 2.30. The largest absolute Gasteiger partial charge is 0.480 e. The first-order valence-corrected chi connectivity index (χ1v) is 9.81. The summed E-state index contributed by atoms with van der Waals surface area (Å²) < 4.78 is 0. The van der Waals surface area contributed by atoms with Crippen molar-refractivity contribution in [2.24, 2.45) is 22.2 Å². The zero-order chi connectivity index (χ0) is 21.0. The smallest absolute Gasteiger partial charge is 0.326 e. The van der Waals surface area contributed by atoms with Crippen LogP contribution in [-0.4, -0.2) is 76.7 Å². The highest BCUT2D eigenvalue weighted by Crippen LogP contribution is 2.04. The topological polar surface area (TPSA) is 206 Å². The summed E-state index contributed by atoms with van der Waals surface area (Å²) in [6.45, 7) is 1.62. The molecule has 156 valence electrons. The molecule has 0 unspecified atom stereocenters. The number of aliphatic imine (C=N–C) groups is 1. The average Bonchev–Trinajstić information content (AvgIpc) is 2.58. The molecule has 0 aliphatic carbocycles. The van der Waals surface area contributed by atoms with Crippen LogP contribution in [0.1, 0.15) is 26.2 Å². The van der Waals surface area contributed by atoms with Crippen LogP contribution in [-0.2, 0) is 14.4 Å². The highest BCUT2D eigenvalue weighted by molar-refractivity contribution is 7.98. The number of carboxylic acids is 1. The first-order chi connectivity index (χ1) is 12.6. The predicted molar refractivity (Wildman–Crippen MR) is 104 cm³/mol. The van der Waals surface area contributed by atoms with E-state index in [0.717, 1.165) is 0 Å². The molecule has 0 aliphatic rings. The van der Waals surface area contributed by atoms with Crippen molar-refractivity contribution in [1.29, 1.82) is 0 Å². The van der Waals surface area contributed by atoms with Crippen molar-refractivity contribution >= 4 is 35.5 Å². The predicted octanol–water partition coefficient (Wildman–Crippen LogP) is -2.44. The van der Waals surface area contributed by atoms with Crippen molar-refractivity contribution in [2.75, 3.05) is 18.6 Å². The number of aliphatic hydroxyl groups excluding tert-OH is 1. The van der Waals surface area contributed by atoms with E-state index >= 15 is 0 Å². The second-order valence-corrected chi connectivity index (χ2v) is 6.95. The Morgan fingerprint density at radius 1 is 1.15 bits per heavy atom. The maximum absolute atomic E-state index is 12.3. The van der Waals surface area contributed by atoms with Crippen LogP contribution in [0.15, 0.2) is 4.99 Å². The van der Waals surface area contributed by atoms with E-state index in [4.69, 9.17) is 17.2 Å². The Labute approximate surface area is 162 Å². The Balaban J connectivity index is 4.76. The molecule has 0 aromatic rings. The number of nitrogens with zero attached hydrogens (tertiary/aromatic N) is 1. The van der Waals surface area contributed by atoms with Gasteiger partial charge < -0.3 is 38.0 Å². The minimum atomic E-state index is -1.32. The SMILES string of the molecule is CSCC[C@H](NC(=O)[C@@H](NC(=O)[C@@H](N)CCCN=C(N)N)[C@@H](C)O)C(=O)O. The molecule has 0 bridgehead atoms. The third kappa shape index (κ3) is 10.6. The van der Waals surface area contributed by atoms with Gasteiger partial charge in [-0.05, 0) is 38.2 Å². The van der Waals surface area contributed by atoms with Gasteiger partial charge in [0.2, 0.25) is 11.8 Å². The van der Waals surface area contributed by atoms with Crippen LogP contribution in [0.4, 0.5) is 0 Å². The Kier molecular flexibility index (Phi) is 12.2. The molecule has 0 heterocycles. The molecule has 2 amide bonds. The Morgan fingerprint density at radius 3 is 2.26 bits per heavy atom. The summed E-state index contributed by atoms with van der Waals surface area (Å²) in [6.07, 6.45) is 1.51. The number of aliphatic carboxylic acids is 1. The van der Waals surface area contributed by atoms with E-state index in [-0.39, 0.29) is 18.8 Å². The summed E-state index contributed by atoms with van der Waals surface area (Å²) in [5, 5.41) is 23.7. The van der Waals surface area contributed by atoms with E-state index in [1.165, 1.54) is 18.7 Å². The molecular weight excluding hydrogens is 376 g/mol. The number of nitrogens with two attached hydrogens (primary N) is 3. The van der Waals surface area contributed by atoms with Crippen molar-refractivity contribution < 1.29 is 24.6 Å².